The third-order valence-corrected chi connectivity index (χ3v) is 3.79. The first-order valence-electron chi connectivity index (χ1n) is 7.37. The summed E-state index contributed by atoms with van der Waals surface area (Å²) in [4.78, 5) is 17.1. The first-order valence-corrected chi connectivity index (χ1v) is 7.37. The van der Waals surface area contributed by atoms with Gasteiger partial charge in [0.15, 0.2) is 17.3 Å². The second-order valence-electron chi connectivity index (χ2n) is 5.15. The van der Waals surface area contributed by atoms with E-state index in [1.807, 2.05) is 24.3 Å². The molecular weight excluding hydrogens is 306 g/mol. The largest absolute Gasteiger partial charge is 0.493 e. The van der Waals surface area contributed by atoms with Crippen molar-refractivity contribution in [2.24, 2.45) is 0 Å². The quantitative estimate of drug-likeness (QED) is 0.673. The summed E-state index contributed by atoms with van der Waals surface area (Å²) in [6, 6.07) is 12.5. The Balaban J connectivity index is 2.08. The standard InChI is InChI=1S/C19H17NO4/c1-22-16-10-14(11-17(23-2)19(16)24-3)18(21)13-6-7-15-12(9-13)5-4-8-20-15/h4-11H,1-3H3. The number of pyridine rings is 1. The summed E-state index contributed by atoms with van der Waals surface area (Å²) in [5.41, 5.74) is 1.89. The molecule has 0 N–H and O–H groups in total. The molecule has 5 nitrogen and oxygen atoms in total. The normalized spacial score (nSPS) is 10.5. The maximum absolute atomic E-state index is 12.9. The van der Waals surface area contributed by atoms with Gasteiger partial charge in [-0.1, -0.05) is 6.07 Å². The molecule has 0 aliphatic carbocycles. The highest BCUT2D eigenvalue weighted by atomic mass is 16.5. The molecule has 122 valence electrons. The second-order valence-corrected chi connectivity index (χ2v) is 5.15. The molecule has 3 aromatic rings. The molecule has 3 rings (SSSR count). The Bertz CT molecular complexity index is 880. The minimum atomic E-state index is -0.125. The number of methoxy groups -OCH3 is 3. The lowest BCUT2D eigenvalue weighted by Crippen LogP contribution is -2.04. The van der Waals surface area contributed by atoms with Crippen molar-refractivity contribution in [1.29, 1.82) is 0 Å². The van der Waals surface area contributed by atoms with Crippen molar-refractivity contribution in [3.63, 3.8) is 0 Å². The lowest BCUT2D eigenvalue weighted by molar-refractivity contribution is 0.103. The van der Waals surface area contributed by atoms with E-state index in [1.165, 1.54) is 21.3 Å². The number of nitrogens with zero attached hydrogens (tertiary/aromatic N) is 1. The van der Waals surface area contributed by atoms with Crippen molar-refractivity contribution < 1.29 is 19.0 Å². The van der Waals surface area contributed by atoms with Gasteiger partial charge < -0.3 is 14.2 Å². The third-order valence-electron chi connectivity index (χ3n) is 3.79. The molecule has 0 saturated heterocycles. The summed E-state index contributed by atoms with van der Waals surface area (Å²) < 4.78 is 15.9. The predicted octanol–water partition coefficient (Wildman–Crippen LogP) is 3.49. The summed E-state index contributed by atoms with van der Waals surface area (Å²) in [6.45, 7) is 0. The Morgan fingerprint density at radius 1 is 0.875 bits per heavy atom. The Kier molecular flexibility index (Phi) is 4.33. The van der Waals surface area contributed by atoms with Gasteiger partial charge in [0, 0.05) is 22.7 Å². The number of fused-ring (bicyclic) bond motifs is 1. The molecule has 2 aromatic carbocycles. The molecule has 0 bridgehead atoms. The zero-order valence-corrected chi connectivity index (χ0v) is 13.7. The summed E-state index contributed by atoms with van der Waals surface area (Å²) in [6.07, 6.45) is 1.73. The number of carbonyl (C=O) groups excluding carboxylic acids is 1. The average Bonchev–Trinajstić information content (AvgIpc) is 2.65. The highest BCUT2D eigenvalue weighted by Gasteiger charge is 2.18. The maximum Gasteiger partial charge on any atom is 0.203 e. The van der Waals surface area contributed by atoms with Crippen LogP contribution >= 0.6 is 0 Å². The molecule has 0 radical (unpaired) electrons. The summed E-state index contributed by atoms with van der Waals surface area (Å²) >= 11 is 0. The molecule has 0 aliphatic rings. The van der Waals surface area contributed by atoms with Gasteiger partial charge in [-0.15, -0.1) is 0 Å². The molecule has 0 unspecified atom stereocenters. The first-order chi connectivity index (χ1) is 11.7. The molecule has 0 saturated carbocycles. The highest BCUT2D eigenvalue weighted by molar-refractivity contribution is 6.11. The van der Waals surface area contributed by atoms with Crippen LogP contribution in [-0.2, 0) is 0 Å². The second kappa shape index (κ2) is 6.58. The van der Waals surface area contributed by atoms with E-state index >= 15 is 0 Å². The lowest BCUT2D eigenvalue weighted by Gasteiger charge is -2.13. The Morgan fingerprint density at radius 3 is 2.21 bits per heavy atom. The number of ketones is 1. The Hall–Kier alpha value is -3.08. The molecule has 5 heteroatoms. The number of hydrogen-bond acceptors (Lipinski definition) is 5. The van der Waals surface area contributed by atoms with E-state index in [2.05, 4.69) is 4.98 Å². The fraction of sp³-hybridized carbons (Fsp3) is 0.158. The molecule has 0 fully saturated rings. The predicted molar refractivity (Wildman–Crippen MR) is 91.3 cm³/mol. The SMILES string of the molecule is COc1cc(C(=O)c2ccc3ncccc3c2)cc(OC)c1OC. The fourth-order valence-electron chi connectivity index (χ4n) is 2.60. The van der Waals surface area contributed by atoms with Crippen molar-refractivity contribution in [2.45, 2.75) is 0 Å². The maximum atomic E-state index is 12.9. The summed E-state index contributed by atoms with van der Waals surface area (Å²) in [5, 5.41) is 0.913. The molecule has 0 aliphatic heterocycles. The number of benzene rings is 2. The van der Waals surface area contributed by atoms with Gasteiger partial charge in [0.2, 0.25) is 5.75 Å². The average molecular weight is 323 g/mol. The molecular formula is C19H17NO4. The van der Waals surface area contributed by atoms with Gasteiger partial charge in [-0.3, -0.25) is 9.78 Å². The number of carbonyl (C=O) groups is 1. The van der Waals surface area contributed by atoms with E-state index in [0.29, 0.717) is 28.4 Å². The number of hydrogen-bond donors (Lipinski definition) is 0. The minimum Gasteiger partial charge on any atom is -0.493 e. The number of aromatic nitrogens is 1. The lowest BCUT2D eigenvalue weighted by atomic mass is 10.0. The minimum absolute atomic E-state index is 0.125. The van der Waals surface area contributed by atoms with Crippen molar-refractivity contribution in [3.05, 3.63) is 59.8 Å². The number of ether oxygens (including phenoxy) is 3. The smallest absolute Gasteiger partial charge is 0.203 e. The van der Waals surface area contributed by atoms with E-state index in [4.69, 9.17) is 14.2 Å². The molecule has 1 aromatic heterocycles. The van der Waals surface area contributed by atoms with Gasteiger partial charge in [-0.05, 0) is 36.4 Å². The third kappa shape index (κ3) is 2.76. The monoisotopic (exact) mass is 323 g/mol. The first kappa shape index (κ1) is 15.8. The molecule has 24 heavy (non-hydrogen) atoms. The van der Waals surface area contributed by atoms with Crippen molar-refractivity contribution in [1.82, 2.24) is 4.98 Å². The van der Waals surface area contributed by atoms with Crippen LogP contribution in [0.4, 0.5) is 0 Å². The van der Waals surface area contributed by atoms with E-state index in [9.17, 15) is 4.79 Å². The van der Waals surface area contributed by atoms with E-state index in [1.54, 1.807) is 24.4 Å². The summed E-state index contributed by atoms with van der Waals surface area (Å²) in [5.74, 6) is 1.23. The van der Waals surface area contributed by atoms with Gasteiger partial charge in [0.1, 0.15) is 0 Å². The summed E-state index contributed by atoms with van der Waals surface area (Å²) in [7, 11) is 4.57. The topological polar surface area (TPSA) is 57.7 Å². The van der Waals surface area contributed by atoms with Crippen LogP contribution in [0.1, 0.15) is 15.9 Å². The number of rotatable bonds is 5. The molecule has 0 spiro atoms. The van der Waals surface area contributed by atoms with Crippen LogP contribution in [0.3, 0.4) is 0 Å². The van der Waals surface area contributed by atoms with Gasteiger partial charge in [0.05, 0.1) is 26.8 Å². The van der Waals surface area contributed by atoms with Crippen molar-refractivity contribution in [2.75, 3.05) is 21.3 Å². The zero-order chi connectivity index (χ0) is 17.1. The molecule has 0 amide bonds. The van der Waals surface area contributed by atoms with E-state index in [0.717, 1.165) is 10.9 Å². The zero-order valence-electron chi connectivity index (χ0n) is 13.7. The fourth-order valence-corrected chi connectivity index (χ4v) is 2.60. The van der Waals surface area contributed by atoms with E-state index < -0.39 is 0 Å². The molecule has 1 heterocycles. The van der Waals surface area contributed by atoms with Crippen molar-refractivity contribution >= 4 is 16.7 Å². The van der Waals surface area contributed by atoms with Gasteiger partial charge in [-0.25, -0.2) is 0 Å². The molecule has 0 atom stereocenters. The van der Waals surface area contributed by atoms with Gasteiger partial charge in [0.25, 0.3) is 0 Å². The van der Waals surface area contributed by atoms with Crippen LogP contribution in [0, 0.1) is 0 Å². The van der Waals surface area contributed by atoms with Gasteiger partial charge >= 0.3 is 0 Å². The van der Waals surface area contributed by atoms with E-state index in [-0.39, 0.29) is 5.78 Å². The van der Waals surface area contributed by atoms with Crippen LogP contribution in [0.25, 0.3) is 10.9 Å². The van der Waals surface area contributed by atoms with Crippen LogP contribution in [0.5, 0.6) is 17.2 Å². The van der Waals surface area contributed by atoms with Crippen molar-refractivity contribution in [3.8, 4) is 17.2 Å². The Labute approximate surface area is 139 Å². The van der Waals surface area contributed by atoms with Crippen LogP contribution in [-0.4, -0.2) is 32.1 Å². The van der Waals surface area contributed by atoms with Crippen LogP contribution < -0.4 is 14.2 Å². The Morgan fingerprint density at radius 2 is 1.58 bits per heavy atom. The highest BCUT2D eigenvalue weighted by Crippen LogP contribution is 2.38. The van der Waals surface area contributed by atoms with Crippen LogP contribution in [0.15, 0.2) is 48.7 Å². The van der Waals surface area contributed by atoms with Gasteiger partial charge in [-0.2, -0.15) is 0 Å². The van der Waals surface area contributed by atoms with Crippen LogP contribution in [0.2, 0.25) is 0 Å².